The fourth-order valence-electron chi connectivity index (χ4n) is 3.88. The van der Waals surface area contributed by atoms with Gasteiger partial charge < -0.3 is 30.3 Å². The van der Waals surface area contributed by atoms with E-state index in [-0.39, 0.29) is 25.4 Å². The van der Waals surface area contributed by atoms with E-state index < -0.39 is 6.04 Å². The van der Waals surface area contributed by atoms with Gasteiger partial charge in [0.15, 0.2) is 0 Å². The minimum Gasteiger partial charge on any atom is -0.490 e. The molecule has 1 aliphatic carbocycles. The molecule has 2 aromatic carbocycles. The largest absolute Gasteiger partial charge is 0.490 e. The zero-order valence-corrected chi connectivity index (χ0v) is 18.8. The van der Waals surface area contributed by atoms with Gasteiger partial charge in [0.1, 0.15) is 30.3 Å². The fraction of sp³-hybridized carbons (Fsp3) is 0.269. The van der Waals surface area contributed by atoms with E-state index in [0.717, 1.165) is 35.3 Å². The van der Waals surface area contributed by atoms with E-state index in [2.05, 4.69) is 16.8 Å². The normalized spacial score (nSPS) is 18.1. The molecule has 0 aliphatic heterocycles. The molecule has 0 spiro atoms. The van der Waals surface area contributed by atoms with Crippen LogP contribution in [0.4, 0.5) is 0 Å². The summed E-state index contributed by atoms with van der Waals surface area (Å²) in [5.41, 5.74) is 8.37. The average Bonchev–Trinajstić information content (AvgIpc) is 3.31. The van der Waals surface area contributed by atoms with Crippen LogP contribution >= 0.6 is 0 Å². The van der Waals surface area contributed by atoms with Gasteiger partial charge in [0.2, 0.25) is 0 Å². The van der Waals surface area contributed by atoms with E-state index in [1.807, 2.05) is 48.5 Å². The molecule has 0 saturated heterocycles. The molecule has 1 aliphatic rings. The van der Waals surface area contributed by atoms with Gasteiger partial charge in [-0.25, -0.2) is 10.8 Å². The summed E-state index contributed by atoms with van der Waals surface area (Å²) < 4.78 is 7.71. The minimum atomic E-state index is -0.465. The number of nitrogens with zero attached hydrogens (tertiary/aromatic N) is 3. The van der Waals surface area contributed by atoms with Crippen molar-refractivity contribution >= 4 is 0 Å². The molecule has 0 bridgehead atoms. The number of benzene rings is 2. The van der Waals surface area contributed by atoms with E-state index in [9.17, 15) is 10.2 Å². The predicted octanol–water partition coefficient (Wildman–Crippen LogP) is 2.14. The van der Waals surface area contributed by atoms with Crippen molar-refractivity contribution in [3.63, 3.8) is 0 Å². The van der Waals surface area contributed by atoms with Gasteiger partial charge in [0.05, 0.1) is 12.6 Å². The van der Waals surface area contributed by atoms with Crippen LogP contribution in [0.3, 0.4) is 0 Å². The molecular formula is C26H29N5O3. The summed E-state index contributed by atoms with van der Waals surface area (Å²) in [6, 6.07) is 15.8. The molecule has 0 amide bonds. The molecule has 1 saturated carbocycles. The predicted molar refractivity (Wildman–Crippen MR) is 130 cm³/mol. The molecule has 3 aromatic rings. The Hall–Kier alpha value is -3.77. The van der Waals surface area contributed by atoms with Crippen LogP contribution in [0, 0.1) is 11.8 Å². The highest BCUT2D eigenvalue weighted by molar-refractivity contribution is 5.65. The van der Waals surface area contributed by atoms with E-state index >= 15 is 0 Å². The molecule has 1 heterocycles. The maximum absolute atomic E-state index is 9.69. The van der Waals surface area contributed by atoms with Crippen molar-refractivity contribution in [1.29, 1.82) is 0 Å². The highest BCUT2D eigenvalue weighted by Gasteiger charge is 2.33. The summed E-state index contributed by atoms with van der Waals surface area (Å²) in [6.07, 6.45) is 8.28. The second kappa shape index (κ2) is 10.9. The molecule has 1 aromatic heterocycles. The van der Waals surface area contributed by atoms with E-state index in [1.54, 1.807) is 28.2 Å². The number of hydrogen-bond donors (Lipinski definition) is 4. The van der Waals surface area contributed by atoms with Gasteiger partial charge in [0.25, 0.3) is 0 Å². The maximum atomic E-state index is 9.69. The Labute approximate surface area is 199 Å². The number of aromatic nitrogens is 2. The fourth-order valence-corrected chi connectivity index (χ4v) is 3.88. The van der Waals surface area contributed by atoms with Crippen molar-refractivity contribution in [3.05, 3.63) is 84.7 Å². The Morgan fingerprint density at radius 2 is 1.79 bits per heavy atom. The van der Waals surface area contributed by atoms with Gasteiger partial charge in [-0.05, 0) is 35.4 Å². The number of aliphatic hydroxyl groups is 2. The molecule has 4 rings (SSSR count). The molecule has 1 unspecified atom stereocenters. The van der Waals surface area contributed by atoms with E-state index in [0.29, 0.717) is 5.82 Å². The first kappa shape index (κ1) is 23.4. The third-order valence-electron chi connectivity index (χ3n) is 5.91. The summed E-state index contributed by atoms with van der Waals surface area (Å²) in [7, 11) is 0. The van der Waals surface area contributed by atoms with Gasteiger partial charge in [0, 0.05) is 43.2 Å². The third-order valence-corrected chi connectivity index (χ3v) is 5.91. The van der Waals surface area contributed by atoms with Crippen LogP contribution in [-0.4, -0.2) is 43.5 Å². The molecule has 34 heavy (non-hydrogen) atoms. The molecule has 6 N–H and O–H groups in total. The third kappa shape index (κ3) is 5.41. The molecule has 176 valence electrons. The summed E-state index contributed by atoms with van der Waals surface area (Å²) in [5.74, 6) is 13.3. The quantitative estimate of drug-likeness (QED) is 0.231. The first-order valence-corrected chi connectivity index (χ1v) is 11.1. The standard InChI is InChI=1S/C26H29N5O3/c27-11-13-31(28)23-15-25(16-23)34-24-9-6-21(7-10-24)20-4-1-19(2-5-20)3-8-22(17-32)30-14-12-29-26(30)18-33/h1-2,4-7,9-14,22-23,25,32-33H,15-18,27-28H2/b13-11-. The minimum absolute atomic E-state index is 0.157. The summed E-state index contributed by atoms with van der Waals surface area (Å²) in [5, 5.41) is 20.7. The van der Waals surface area contributed by atoms with Crippen molar-refractivity contribution in [1.82, 2.24) is 14.6 Å². The van der Waals surface area contributed by atoms with Crippen LogP contribution in [-0.2, 0) is 6.61 Å². The second-order valence-corrected chi connectivity index (χ2v) is 8.13. The second-order valence-electron chi connectivity index (χ2n) is 8.13. The molecular weight excluding hydrogens is 430 g/mol. The molecule has 8 nitrogen and oxygen atoms in total. The van der Waals surface area contributed by atoms with Gasteiger partial charge in [-0.3, -0.25) is 0 Å². The topological polar surface area (TPSA) is 123 Å². The number of aliphatic hydroxyl groups excluding tert-OH is 2. The number of rotatable bonds is 8. The highest BCUT2D eigenvalue weighted by atomic mass is 16.5. The summed E-state index contributed by atoms with van der Waals surface area (Å²) >= 11 is 0. The van der Waals surface area contributed by atoms with Crippen molar-refractivity contribution in [2.75, 3.05) is 6.61 Å². The van der Waals surface area contributed by atoms with Crippen LogP contribution in [0.1, 0.15) is 30.3 Å². The van der Waals surface area contributed by atoms with Crippen LogP contribution in [0.2, 0.25) is 0 Å². The van der Waals surface area contributed by atoms with E-state index in [4.69, 9.17) is 16.3 Å². The van der Waals surface area contributed by atoms with Crippen LogP contribution < -0.4 is 16.3 Å². The summed E-state index contributed by atoms with van der Waals surface area (Å²) in [4.78, 5) is 4.06. The molecule has 8 heteroatoms. The smallest absolute Gasteiger partial charge is 0.135 e. The van der Waals surface area contributed by atoms with Crippen molar-refractivity contribution < 1.29 is 14.9 Å². The number of hydrogen-bond acceptors (Lipinski definition) is 7. The van der Waals surface area contributed by atoms with Gasteiger partial charge in [-0.15, -0.1) is 0 Å². The van der Waals surface area contributed by atoms with Gasteiger partial charge in [-0.2, -0.15) is 0 Å². The Balaban J connectivity index is 1.35. The maximum Gasteiger partial charge on any atom is 0.135 e. The monoisotopic (exact) mass is 459 g/mol. The van der Waals surface area contributed by atoms with Crippen LogP contribution in [0.15, 0.2) is 73.3 Å². The SMILES string of the molecule is N/C=C\N(N)C1CC(Oc2ccc(-c3ccc(C#CC(CO)n4ccnc4CO)cc3)cc2)C1. The Kier molecular flexibility index (Phi) is 7.50. The van der Waals surface area contributed by atoms with Gasteiger partial charge in [-0.1, -0.05) is 36.1 Å². The lowest BCUT2D eigenvalue weighted by Gasteiger charge is -2.39. The first-order valence-electron chi connectivity index (χ1n) is 11.1. The lowest BCUT2D eigenvalue weighted by atomic mass is 9.89. The Bertz CT molecular complexity index is 1160. The van der Waals surface area contributed by atoms with Crippen molar-refractivity contribution in [3.8, 4) is 28.7 Å². The average molecular weight is 460 g/mol. The molecule has 1 fully saturated rings. The zero-order valence-electron chi connectivity index (χ0n) is 18.8. The molecule has 1 atom stereocenters. The van der Waals surface area contributed by atoms with E-state index in [1.165, 1.54) is 6.20 Å². The van der Waals surface area contributed by atoms with Crippen LogP contribution in [0.25, 0.3) is 11.1 Å². The lowest BCUT2D eigenvalue weighted by Crippen LogP contribution is -2.50. The van der Waals surface area contributed by atoms with Crippen molar-refractivity contribution in [2.24, 2.45) is 11.6 Å². The summed E-state index contributed by atoms with van der Waals surface area (Å²) in [6.45, 7) is -0.372. The highest BCUT2D eigenvalue weighted by Crippen LogP contribution is 2.30. The van der Waals surface area contributed by atoms with Crippen LogP contribution in [0.5, 0.6) is 5.75 Å². The lowest BCUT2D eigenvalue weighted by molar-refractivity contribution is 0.0382. The zero-order chi connectivity index (χ0) is 23.9. The number of ether oxygens (including phenoxy) is 1. The Morgan fingerprint density at radius 1 is 1.12 bits per heavy atom. The van der Waals surface area contributed by atoms with Gasteiger partial charge >= 0.3 is 0 Å². The molecule has 0 radical (unpaired) electrons. The number of nitrogens with two attached hydrogens (primary N) is 2. The first-order chi connectivity index (χ1) is 16.6. The number of hydrazine groups is 1. The Morgan fingerprint density at radius 3 is 2.41 bits per heavy atom. The number of imidazole rings is 1. The van der Waals surface area contributed by atoms with Crippen molar-refractivity contribution in [2.45, 2.75) is 37.6 Å².